The van der Waals surface area contributed by atoms with Crippen LogP contribution in [0.4, 0.5) is 13.2 Å². The molecular formula is C15H11F3N4O3. The molecule has 0 aliphatic carbocycles. The van der Waals surface area contributed by atoms with Crippen LogP contribution in [0.3, 0.4) is 0 Å². The third kappa shape index (κ3) is 3.82. The lowest BCUT2D eigenvalue weighted by molar-refractivity contribution is -0.274. The van der Waals surface area contributed by atoms with Crippen LogP contribution in [0.5, 0.6) is 11.6 Å². The summed E-state index contributed by atoms with van der Waals surface area (Å²) in [7, 11) is 0. The van der Waals surface area contributed by atoms with Crippen LogP contribution in [0, 0.1) is 11.3 Å². The van der Waals surface area contributed by atoms with Gasteiger partial charge in [-0.15, -0.1) is 13.2 Å². The zero-order chi connectivity index (χ0) is 18.0. The molecule has 1 atom stereocenters. The second kappa shape index (κ2) is 6.35. The Morgan fingerprint density at radius 3 is 2.72 bits per heavy atom. The number of carbonyl (C=O) groups excluding carboxylic acids is 1. The van der Waals surface area contributed by atoms with Crippen molar-refractivity contribution in [2.24, 2.45) is 0 Å². The maximum atomic E-state index is 12.2. The number of ether oxygens (including phenoxy) is 2. The van der Waals surface area contributed by atoms with Crippen LogP contribution in [0.2, 0.25) is 0 Å². The predicted octanol–water partition coefficient (Wildman–Crippen LogP) is 2.17. The van der Waals surface area contributed by atoms with Crippen molar-refractivity contribution in [1.29, 1.82) is 5.26 Å². The first-order valence-electron chi connectivity index (χ1n) is 7.12. The molecular weight excluding hydrogens is 341 g/mol. The number of nitrogens with zero attached hydrogens (tertiary/aromatic N) is 3. The molecule has 7 nitrogen and oxygen atoms in total. The molecule has 2 aromatic rings. The first-order valence-corrected chi connectivity index (χ1v) is 7.12. The smallest absolute Gasteiger partial charge is 0.476 e. The molecule has 0 saturated heterocycles. The lowest BCUT2D eigenvalue weighted by atomic mass is 10.1. The van der Waals surface area contributed by atoms with E-state index >= 15 is 0 Å². The number of hydrogen-bond acceptors (Lipinski definition) is 5. The number of nitriles is 1. The van der Waals surface area contributed by atoms with Gasteiger partial charge in [0, 0.05) is 6.07 Å². The maximum absolute atomic E-state index is 12.2. The number of nitrogens with one attached hydrogen (secondary N) is 1. The van der Waals surface area contributed by atoms with Gasteiger partial charge in [0.1, 0.15) is 18.4 Å². The highest BCUT2D eigenvalue weighted by atomic mass is 19.4. The second-order valence-corrected chi connectivity index (χ2v) is 5.09. The van der Waals surface area contributed by atoms with Crippen LogP contribution in [-0.2, 0) is 6.54 Å². The summed E-state index contributed by atoms with van der Waals surface area (Å²) in [6.07, 6.45) is -4.80. The molecule has 0 bridgehead atoms. The lowest BCUT2D eigenvalue weighted by Crippen LogP contribution is -2.28. The summed E-state index contributed by atoms with van der Waals surface area (Å²) in [5.41, 5.74) is 0.403. The van der Waals surface area contributed by atoms with E-state index in [9.17, 15) is 23.2 Å². The molecule has 10 heteroatoms. The molecule has 1 N–H and O–H groups in total. The first kappa shape index (κ1) is 16.6. The third-order valence-corrected chi connectivity index (χ3v) is 3.38. The number of amides is 1. The van der Waals surface area contributed by atoms with E-state index < -0.39 is 24.1 Å². The van der Waals surface area contributed by atoms with Crippen LogP contribution in [0.1, 0.15) is 22.1 Å². The van der Waals surface area contributed by atoms with Crippen molar-refractivity contribution in [2.45, 2.75) is 18.9 Å². The Labute approximate surface area is 139 Å². The molecule has 0 radical (unpaired) electrons. The second-order valence-electron chi connectivity index (χ2n) is 5.09. The Balaban J connectivity index is 1.69. The van der Waals surface area contributed by atoms with Crippen LogP contribution in [0.25, 0.3) is 0 Å². The number of fused-ring (bicyclic) bond motifs is 1. The van der Waals surface area contributed by atoms with Gasteiger partial charge in [0.15, 0.2) is 5.69 Å². The van der Waals surface area contributed by atoms with Gasteiger partial charge in [0.2, 0.25) is 5.88 Å². The van der Waals surface area contributed by atoms with E-state index in [1.54, 1.807) is 0 Å². The van der Waals surface area contributed by atoms with Gasteiger partial charge in [0.05, 0.1) is 12.6 Å². The predicted molar refractivity (Wildman–Crippen MR) is 76.7 cm³/mol. The minimum Gasteiger partial charge on any atom is -0.476 e. The highest BCUT2D eigenvalue weighted by Crippen LogP contribution is 2.25. The molecule has 2 heterocycles. The van der Waals surface area contributed by atoms with Crippen LogP contribution in [0.15, 0.2) is 30.3 Å². The third-order valence-electron chi connectivity index (χ3n) is 3.38. The van der Waals surface area contributed by atoms with E-state index in [0.29, 0.717) is 24.6 Å². The van der Waals surface area contributed by atoms with Crippen molar-refractivity contribution >= 4 is 5.91 Å². The lowest BCUT2D eigenvalue weighted by Gasteiger charge is -2.13. The molecule has 1 aliphatic heterocycles. The monoisotopic (exact) mass is 352 g/mol. The standard InChI is InChI=1S/C15H11F3N4O3/c16-15(17,18)25-10-3-1-9(2-4-10)12(8-19)20-14(23)11-7-13-22(21-11)5-6-24-13/h1-4,7,12H,5-6H2,(H,20,23). The molecule has 1 aromatic carbocycles. The molecule has 1 unspecified atom stereocenters. The Hall–Kier alpha value is -3.22. The van der Waals surface area contributed by atoms with Gasteiger partial charge in [0.25, 0.3) is 5.91 Å². The van der Waals surface area contributed by atoms with E-state index in [2.05, 4.69) is 15.2 Å². The number of hydrogen-bond donors (Lipinski definition) is 1. The number of aromatic nitrogens is 2. The van der Waals surface area contributed by atoms with E-state index in [-0.39, 0.29) is 5.69 Å². The summed E-state index contributed by atoms with van der Waals surface area (Å²) in [4.78, 5) is 12.2. The highest BCUT2D eigenvalue weighted by Gasteiger charge is 2.31. The highest BCUT2D eigenvalue weighted by molar-refractivity contribution is 5.93. The Bertz CT molecular complexity index is 803. The topological polar surface area (TPSA) is 89.2 Å². The molecule has 1 aromatic heterocycles. The largest absolute Gasteiger partial charge is 0.573 e. The van der Waals surface area contributed by atoms with Crippen molar-refractivity contribution < 1.29 is 27.4 Å². The fraction of sp³-hybridized carbons (Fsp3) is 0.267. The van der Waals surface area contributed by atoms with Crippen LogP contribution in [-0.4, -0.2) is 28.7 Å². The quantitative estimate of drug-likeness (QED) is 0.911. The van der Waals surface area contributed by atoms with E-state index in [1.165, 1.54) is 22.9 Å². The van der Waals surface area contributed by atoms with Crippen molar-refractivity contribution in [3.63, 3.8) is 0 Å². The zero-order valence-corrected chi connectivity index (χ0v) is 12.6. The number of benzene rings is 1. The SMILES string of the molecule is N#CC(NC(=O)c1cc2n(n1)CCO2)c1ccc(OC(F)(F)F)cc1. The van der Waals surface area contributed by atoms with Gasteiger partial charge < -0.3 is 14.8 Å². The van der Waals surface area contributed by atoms with Gasteiger partial charge in [-0.05, 0) is 17.7 Å². The number of carbonyl (C=O) groups is 1. The van der Waals surface area contributed by atoms with Gasteiger partial charge >= 0.3 is 6.36 Å². The number of alkyl halides is 3. The Morgan fingerprint density at radius 2 is 2.12 bits per heavy atom. The zero-order valence-electron chi connectivity index (χ0n) is 12.6. The van der Waals surface area contributed by atoms with Crippen molar-refractivity contribution in [1.82, 2.24) is 15.1 Å². The molecule has 0 spiro atoms. The van der Waals surface area contributed by atoms with E-state index in [4.69, 9.17) is 4.74 Å². The van der Waals surface area contributed by atoms with E-state index in [0.717, 1.165) is 12.1 Å². The average molecular weight is 352 g/mol. The molecule has 3 rings (SSSR count). The van der Waals surface area contributed by atoms with Gasteiger partial charge in [-0.1, -0.05) is 12.1 Å². The molecule has 130 valence electrons. The summed E-state index contributed by atoms with van der Waals surface area (Å²) in [5, 5.41) is 15.7. The Kier molecular flexibility index (Phi) is 4.22. The van der Waals surface area contributed by atoms with Crippen molar-refractivity contribution in [3.05, 3.63) is 41.6 Å². The van der Waals surface area contributed by atoms with Crippen LogP contribution >= 0.6 is 0 Å². The van der Waals surface area contributed by atoms with Crippen molar-refractivity contribution in [3.8, 4) is 17.7 Å². The molecule has 25 heavy (non-hydrogen) atoms. The molecule has 0 saturated carbocycles. The van der Waals surface area contributed by atoms with E-state index in [1.807, 2.05) is 6.07 Å². The normalized spacial score (nSPS) is 14.2. The molecule has 1 amide bonds. The summed E-state index contributed by atoms with van der Waals surface area (Å²) < 4.78 is 47.0. The summed E-state index contributed by atoms with van der Waals surface area (Å²) in [6.45, 7) is 1.02. The van der Waals surface area contributed by atoms with Crippen molar-refractivity contribution in [2.75, 3.05) is 6.61 Å². The minimum atomic E-state index is -4.80. The van der Waals surface area contributed by atoms with Gasteiger partial charge in [-0.2, -0.15) is 10.4 Å². The molecule has 1 aliphatic rings. The number of rotatable bonds is 4. The number of halogens is 3. The summed E-state index contributed by atoms with van der Waals surface area (Å²) in [5.74, 6) is -0.540. The molecule has 0 fully saturated rings. The van der Waals surface area contributed by atoms with Gasteiger partial charge in [-0.25, -0.2) is 4.68 Å². The summed E-state index contributed by atoms with van der Waals surface area (Å²) in [6, 6.07) is 6.95. The minimum absolute atomic E-state index is 0.0898. The fourth-order valence-electron chi connectivity index (χ4n) is 2.28. The first-order chi connectivity index (χ1) is 11.9. The average Bonchev–Trinajstić information content (AvgIpc) is 3.13. The van der Waals surface area contributed by atoms with Crippen LogP contribution < -0.4 is 14.8 Å². The fourth-order valence-corrected chi connectivity index (χ4v) is 2.28. The maximum Gasteiger partial charge on any atom is 0.573 e. The summed E-state index contributed by atoms with van der Waals surface area (Å²) >= 11 is 0. The Morgan fingerprint density at radius 1 is 1.40 bits per heavy atom. The van der Waals surface area contributed by atoms with Gasteiger partial charge in [-0.3, -0.25) is 4.79 Å².